The Bertz CT molecular complexity index is 1430. The zero-order chi connectivity index (χ0) is 26.5. The number of carboxylic acid groups (broad SMARTS) is 1. The van der Waals surface area contributed by atoms with Crippen molar-refractivity contribution in [3.8, 4) is 34.7 Å². The van der Waals surface area contributed by atoms with E-state index < -0.39 is 11.4 Å². The number of rotatable bonds is 7. The summed E-state index contributed by atoms with van der Waals surface area (Å²) in [7, 11) is 0. The van der Waals surface area contributed by atoms with Crippen LogP contribution in [-0.4, -0.2) is 51.9 Å². The van der Waals surface area contributed by atoms with E-state index >= 15 is 0 Å². The van der Waals surface area contributed by atoms with E-state index in [4.69, 9.17) is 14.2 Å². The van der Waals surface area contributed by atoms with Gasteiger partial charge in [-0.15, -0.1) is 0 Å². The summed E-state index contributed by atoms with van der Waals surface area (Å²) in [4.78, 5) is 19.0. The Morgan fingerprint density at radius 2 is 2.08 bits per heavy atom. The SMILES string of the molecule is CC(C)Oc1ccc(-c2nc(-c3cccc4c3CCC43CCN(CC4(C(=O)O)CCC4)C3)no2)cc1C#N. The van der Waals surface area contributed by atoms with Gasteiger partial charge < -0.3 is 19.3 Å². The zero-order valence-electron chi connectivity index (χ0n) is 21.9. The Kier molecular flexibility index (Phi) is 5.99. The highest BCUT2D eigenvalue weighted by molar-refractivity contribution is 5.76. The van der Waals surface area contributed by atoms with Gasteiger partial charge in [0.05, 0.1) is 17.1 Å². The Labute approximate surface area is 222 Å². The van der Waals surface area contributed by atoms with Crippen LogP contribution in [0.1, 0.15) is 62.6 Å². The number of hydrogen-bond donors (Lipinski definition) is 1. The van der Waals surface area contributed by atoms with Crippen molar-refractivity contribution in [1.82, 2.24) is 15.0 Å². The van der Waals surface area contributed by atoms with E-state index in [0.29, 0.717) is 35.1 Å². The molecule has 1 saturated heterocycles. The molecule has 8 nitrogen and oxygen atoms in total. The fourth-order valence-electron chi connectivity index (χ4n) is 6.61. The smallest absolute Gasteiger partial charge is 0.310 e. The van der Waals surface area contributed by atoms with Crippen molar-refractivity contribution in [3.05, 3.63) is 53.1 Å². The van der Waals surface area contributed by atoms with Crippen LogP contribution in [0.2, 0.25) is 0 Å². The molecule has 1 aliphatic heterocycles. The van der Waals surface area contributed by atoms with Gasteiger partial charge in [0.15, 0.2) is 0 Å². The molecule has 0 bridgehead atoms. The highest BCUT2D eigenvalue weighted by Gasteiger charge is 2.50. The lowest BCUT2D eigenvalue weighted by Gasteiger charge is -2.40. The second kappa shape index (κ2) is 9.25. The summed E-state index contributed by atoms with van der Waals surface area (Å²) in [6, 6.07) is 13.9. The molecule has 3 aliphatic rings. The maximum atomic E-state index is 11.9. The number of nitrogens with zero attached hydrogens (tertiary/aromatic N) is 4. The molecule has 3 aromatic rings. The first-order chi connectivity index (χ1) is 18.3. The Hall–Kier alpha value is -3.70. The predicted octanol–water partition coefficient (Wildman–Crippen LogP) is 5.21. The number of nitriles is 1. The zero-order valence-corrected chi connectivity index (χ0v) is 21.9. The van der Waals surface area contributed by atoms with Crippen molar-refractivity contribution in [3.63, 3.8) is 0 Å². The first-order valence-electron chi connectivity index (χ1n) is 13.5. The largest absolute Gasteiger partial charge is 0.490 e. The fraction of sp³-hybridized carbons (Fsp3) is 0.467. The molecule has 196 valence electrons. The second-order valence-electron chi connectivity index (χ2n) is 11.4. The number of likely N-dealkylation sites (tertiary alicyclic amines) is 1. The number of fused-ring (bicyclic) bond motifs is 2. The lowest BCUT2D eigenvalue weighted by molar-refractivity contribution is -0.156. The van der Waals surface area contributed by atoms with E-state index in [1.54, 1.807) is 12.1 Å². The summed E-state index contributed by atoms with van der Waals surface area (Å²) in [5.74, 6) is 0.804. The van der Waals surface area contributed by atoms with Crippen LogP contribution in [0.3, 0.4) is 0 Å². The maximum absolute atomic E-state index is 11.9. The summed E-state index contributed by atoms with van der Waals surface area (Å²) in [5, 5.41) is 23.7. The van der Waals surface area contributed by atoms with Gasteiger partial charge in [-0.3, -0.25) is 4.79 Å². The number of hydrogen-bond acceptors (Lipinski definition) is 7. The molecule has 8 heteroatoms. The summed E-state index contributed by atoms with van der Waals surface area (Å²) in [5.41, 5.74) is 4.18. The van der Waals surface area contributed by atoms with Crippen LogP contribution in [0.15, 0.2) is 40.9 Å². The molecular weight excluding hydrogens is 480 g/mol. The van der Waals surface area contributed by atoms with E-state index in [1.807, 2.05) is 26.0 Å². The number of carbonyl (C=O) groups is 1. The Balaban J connectivity index is 1.25. The molecule has 6 rings (SSSR count). The van der Waals surface area contributed by atoms with E-state index in [2.05, 4.69) is 28.3 Å². The normalized spacial score (nSPS) is 21.8. The minimum Gasteiger partial charge on any atom is -0.490 e. The van der Waals surface area contributed by atoms with Crippen molar-refractivity contribution in [2.24, 2.45) is 5.41 Å². The Morgan fingerprint density at radius 1 is 1.24 bits per heavy atom. The van der Waals surface area contributed by atoms with Gasteiger partial charge in [0.2, 0.25) is 5.82 Å². The molecule has 1 saturated carbocycles. The summed E-state index contributed by atoms with van der Waals surface area (Å²) in [6.07, 6.45) is 5.58. The third-order valence-corrected chi connectivity index (χ3v) is 8.70. The van der Waals surface area contributed by atoms with E-state index in [1.165, 1.54) is 11.1 Å². The van der Waals surface area contributed by atoms with Crippen LogP contribution in [0.5, 0.6) is 5.75 Å². The first-order valence-corrected chi connectivity index (χ1v) is 13.5. The van der Waals surface area contributed by atoms with Crippen LogP contribution in [-0.2, 0) is 16.6 Å². The molecule has 0 amide bonds. The minimum absolute atomic E-state index is 0.0325. The molecule has 2 heterocycles. The van der Waals surface area contributed by atoms with Crippen LogP contribution >= 0.6 is 0 Å². The number of carboxylic acids is 1. The van der Waals surface area contributed by atoms with Gasteiger partial charge in [-0.05, 0) is 81.8 Å². The van der Waals surface area contributed by atoms with Gasteiger partial charge in [0.1, 0.15) is 11.8 Å². The number of aromatic nitrogens is 2. The van der Waals surface area contributed by atoms with Gasteiger partial charge in [-0.1, -0.05) is 29.8 Å². The average molecular weight is 513 g/mol. The van der Waals surface area contributed by atoms with Gasteiger partial charge in [0, 0.05) is 29.6 Å². The van der Waals surface area contributed by atoms with Crippen LogP contribution in [0.4, 0.5) is 0 Å². The fourth-order valence-corrected chi connectivity index (χ4v) is 6.61. The second-order valence-corrected chi connectivity index (χ2v) is 11.4. The summed E-state index contributed by atoms with van der Waals surface area (Å²) < 4.78 is 11.4. The summed E-state index contributed by atoms with van der Waals surface area (Å²) >= 11 is 0. The highest BCUT2D eigenvalue weighted by atomic mass is 16.5. The lowest BCUT2D eigenvalue weighted by atomic mass is 9.68. The van der Waals surface area contributed by atoms with Crippen LogP contribution in [0.25, 0.3) is 22.8 Å². The molecule has 1 atom stereocenters. The van der Waals surface area contributed by atoms with Crippen molar-refractivity contribution in [2.45, 2.75) is 63.9 Å². The van der Waals surface area contributed by atoms with Crippen molar-refractivity contribution >= 4 is 5.97 Å². The summed E-state index contributed by atoms with van der Waals surface area (Å²) in [6.45, 7) is 6.33. The van der Waals surface area contributed by atoms with E-state index in [9.17, 15) is 15.2 Å². The van der Waals surface area contributed by atoms with Crippen molar-refractivity contribution in [1.29, 1.82) is 5.26 Å². The Morgan fingerprint density at radius 3 is 2.79 bits per heavy atom. The van der Waals surface area contributed by atoms with Gasteiger partial charge in [0.25, 0.3) is 5.89 Å². The van der Waals surface area contributed by atoms with Crippen molar-refractivity contribution in [2.75, 3.05) is 19.6 Å². The minimum atomic E-state index is -0.643. The topological polar surface area (TPSA) is 112 Å². The molecule has 1 spiro atoms. The van der Waals surface area contributed by atoms with Gasteiger partial charge in [-0.2, -0.15) is 10.2 Å². The molecule has 1 N–H and O–H groups in total. The first kappa shape index (κ1) is 24.6. The standard InChI is InChI=1S/C30H32N4O4/c1-19(2)37-25-8-7-20(15-21(25)16-31)27-32-26(33-38-27)23-5-3-6-24-22(23)9-12-29(24)13-14-34(17-29)18-30(28(35)36)10-4-11-30/h3,5-8,15,19H,4,9-14,17-18H2,1-2H3,(H,35,36). The monoisotopic (exact) mass is 512 g/mol. The average Bonchev–Trinajstić information content (AvgIpc) is 3.61. The molecule has 1 aromatic heterocycles. The van der Waals surface area contributed by atoms with E-state index in [-0.39, 0.29) is 11.5 Å². The third kappa shape index (κ3) is 4.06. The molecule has 2 aliphatic carbocycles. The van der Waals surface area contributed by atoms with Gasteiger partial charge >= 0.3 is 5.97 Å². The molecular formula is C30H32N4O4. The van der Waals surface area contributed by atoms with Crippen LogP contribution in [0, 0.1) is 16.7 Å². The molecule has 1 unspecified atom stereocenters. The molecule has 2 aromatic carbocycles. The van der Waals surface area contributed by atoms with E-state index in [0.717, 1.165) is 57.2 Å². The van der Waals surface area contributed by atoms with Crippen LogP contribution < -0.4 is 4.74 Å². The molecule has 38 heavy (non-hydrogen) atoms. The molecule has 0 radical (unpaired) electrons. The quantitative estimate of drug-likeness (QED) is 0.459. The van der Waals surface area contributed by atoms with Gasteiger partial charge in [-0.25, -0.2) is 0 Å². The molecule has 2 fully saturated rings. The third-order valence-electron chi connectivity index (χ3n) is 8.70. The lowest BCUT2D eigenvalue weighted by Crippen LogP contribution is -2.47. The predicted molar refractivity (Wildman–Crippen MR) is 141 cm³/mol. The highest BCUT2D eigenvalue weighted by Crippen LogP contribution is 2.50. The number of ether oxygens (including phenoxy) is 1. The number of aliphatic carboxylic acids is 1. The maximum Gasteiger partial charge on any atom is 0.310 e. The van der Waals surface area contributed by atoms with Crippen molar-refractivity contribution < 1.29 is 19.2 Å². The number of benzene rings is 2.